The molecule has 3 aromatic carbocycles. The summed E-state index contributed by atoms with van der Waals surface area (Å²) in [4.78, 5) is 23.4. The molecule has 1 aliphatic heterocycles. The van der Waals surface area contributed by atoms with Gasteiger partial charge in [-0.05, 0) is 52.9 Å². The van der Waals surface area contributed by atoms with Gasteiger partial charge in [-0.15, -0.1) is 0 Å². The van der Waals surface area contributed by atoms with Crippen molar-refractivity contribution in [2.45, 2.75) is 52.0 Å². The molecule has 35 heavy (non-hydrogen) atoms. The number of ether oxygens (including phenoxy) is 2. The van der Waals surface area contributed by atoms with E-state index in [9.17, 15) is 18.0 Å². The fourth-order valence-electron chi connectivity index (χ4n) is 4.23. The Labute approximate surface area is 205 Å². The lowest BCUT2D eigenvalue weighted by molar-refractivity contribution is -0.143. The minimum Gasteiger partial charge on any atom is -0.461 e. The second-order valence-corrected chi connectivity index (χ2v) is 10.5. The Bertz CT molecular complexity index is 1370. The highest BCUT2D eigenvalue weighted by Crippen LogP contribution is 2.39. The molecule has 0 bridgehead atoms. The number of sulfonamides is 1. The van der Waals surface area contributed by atoms with E-state index >= 15 is 0 Å². The molecule has 0 fully saturated rings. The molecule has 0 aromatic heterocycles. The van der Waals surface area contributed by atoms with Gasteiger partial charge in [-0.1, -0.05) is 48.0 Å². The van der Waals surface area contributed by atoms with E-state index in [-0.39, 0.29) is 31.2 Å². The van der Waals surface area contributed by atoms with Crippen molar-refractivity contribution < 1.29 is 27.5 Å². The molecule has 0 atom stereocenters. The fourth-order valence-corrected chi connectivity index (χ4v) is 5.61. The summed E-state index contributed by atoms with van der Waals surface area (Å²) in [6.45, 7) is 4.85. The van der Waals surface area contributed by atoms with Crippen LogP contribution in [0.3, 0.4) is 0 Å². The number of nitrogens with zero attached hydrogens (tertiary/aromatic N) is 1. The van der Waals surface area contributed by atoms with Gasteiger partial charge in [-0.3, -0.25) is 9.59 Å². The van der Waals surface area contributed by atoms with Gasteiger partial charge in [-0.25, -0.2) is 8.42 Å². The lowest BCUT2D eigenvalue weighted by Gasteiger charge is -2.18. The van der Waals surface area contributed by atoms with Crippen LogP contribution in [0.15, 0.2) is 65.6 Å². The van der Waals surface area contributed by atoms with Crippen LogP contribution < -0.4 is 0 Å². The molecular formula is C27H27NO6S. The Morgan fingerprint density at radius 2 is 1.46 bits per heavy atom. The van der Waals surface area contributed by atoms with Crippen LogP contribution in [0.25, 0.3) is 11.1 Å². The van der Waals surface area contributed by atoms with Crippen LogP contribution in [-0.2, 0) is 55.4 Å². The number of hydrogen-bond acceptors (Lipinski definition) is 6. The van der Waals surface area contributed by atoms with Crippen molar-refractivity contribution in [2.75, 3.05) is 0 Å². The first-order valence-electron chi connectivity index (χ1n) is 11.2. The van der Waals surface area contributed by atoms with Crippen LogP contribution in [0.4, 0.5) is 0 Å². The van der Waals surface area contributed by atoms with Crippen molar-refractivity contribution in [3.8, 4) is 11.1 Å². The lowest BCUT2D eigenvalue weighted by atomic mass is 9.90. The van der Waals surface area contributed by atoms with Gasteiger partial charge in [0, 0.05) is 32.5 Å². The molecular weight excluding hydrogens is 466 g/mol. The Morgan fingerprint density at radius 3 is 2.09 bits per heavy atom. The SMILES string of the molecule is CC(=O)OCc1cc(-c2ccccc2)c(COC(C)=O)c2c1CN(S(=O)(=O)c1ccc(C)cc1)C2. The summed E-state index contributed by atoms with van der Waals surface area (Å²) in [5.41, 5.74) is 5.67. The van der Waals surface area contributed by atoms with Gasteiger partial charge in [0.25, 0.3) is 0 Å². The maximum Gasteiger partial charge on any atom is 0.302 e. The summed E-state index contributed by atoms with van der Waals surface area (Å²) in [5.74, 6) is -0.852. The molecule has 0 radical (unpaired) electrons. The molecule has 0 saturated heterocycles. The van der Waals surface area contributed by atoms with Crippen LogP contribution in [0.5, 0.6) is 0 Å². The Kier molecular flexibility index (Phi) is 7.05. The van der Waals surface area contributed by atoms with E-state index in [1.54, 1.807) is 24.3 Å². The van der Waals surface area contributed by atoms with Crippen molar-refractivity contribution >= 4 is 22.0 Å². The highest BCUT2D eigenvalue weighted by atomic mass is 32.2. The summed E-state index contributed by atoms with van der Waals surface area (Å²) in [6.07, 6.45) is 0. The summed E-state index contributed by atoms with van der Waals surface area (Å²) in [7, 11) is -3.78. The zero-order valence-electron chi connectivity index (χ0n) is 19.9. The summed E-state index contributed by atoms with van der Waals surface area (Å²) in [5, 5.41) is 0. The maximum atomic E-state index is 13.5. The van der Waals surface area contributed by atoms with Gasteiger partial charge in [0.1, 0.15) is 13.2 Å². The van der Waals surface area contributed by atoms with Crippen molar-refractivity contribution in [3.63, 3.8) is 0 Å². The summed E-state index contributed by atoms with van der Waals surface area (Å²) >= 11 is 0. The van der Waals surface area contributed by atoms with E-state index in [1.807, 2.05) is 43.3 Å². The lowest BCUT2D eigenvalue weighted by Crippen LogP contribution is -2.25. The summed E-state index contributed by atoms with van der Waals surface area (Å²) in [6, 6.07) is 18.2. The number of esters is 2. The Hall–Kier alpha value is -3.49. The van der Waals surface area contributed by atoms with Gasteiger partial charge in [0.2, 0.25) is 10.0 Å². The van der Waals surface area contributed by atoms with Gasteiger partial charge < -0.3 is 9.47 Å². The molecule has 0 spiro atoms. The highest BCUT2D eigenvalue weighted by Gasteiger charge is 2.35. The monoisotopic (exact) mass is 493 g/mol. The second kappa shape index (κ2) is 10.0. The number of carbonyl (C=O) groups excluding carboxylic acids is 2. The minimum atomic E-state index is -3.78. The van der Waals surface area contributed by atoms with Crippen LogP contribution in [0.1, 0.15) is 41.7 Å². The van der Waals surface area contributed by atoms with Crippen molar-refractivity contribution in [1.82, 2.24) is 4.31 Å². The Morgan fingerprint density at radius 1 is 0.857 bits per heavy atom. The number of hydrogen-bond donors (Lipinski definition) is 0. The molecule has 0 unspecified atom stereocenters. The quantitative estimate of drug-likeness (QED) is 0.451. The minimum absolute atomic E-state index is 0.00809. The van der Waals surface area contributed by atoms with E-state index in [0.717, 1.165) is 38.9 Å². The van der Waals surface area contributed by atoms with Crippen molar-refractivity contribution in [1.29, 1.82) is 0 Å². The van der Waals surface area contributed by atoms with E-state index in [0.29, 0.717) is 0 Å². The molecule has 4 rings (SSSR count). The molecule has 3 aromatic rings. The third-order valence-electron chi connectivity index (χ3n) is 6.02. The molecule has 0 amide bonds. The molecule has 1 aliphatic rings. The van der Waals surface area contributed by atoms with E-state index in [1.165, 1.54) is 18.2 Å². The summed E-state index contributed by atoms with van der Waals surface area (Å²) < 4.78 is 39.1. The first-order chi connectivity index (χ1) is 16.7. The van der Waals surface area contributed by atoms with E-state index in [2.05, 4.69) is 0 Å². The van der Waals surface area contributed by atoms with E-state index in [4.69, 9.17) is 9.47 Å². The number of rotatable bonds is 7. The van der Waals surface area contributed by atoms with Crippen molar-refractivity contribution in [3.05, 3.63) is 88.5 Å². The number of aryl methyl sites for hydroxylation is 1. The van der Waals surface area contributed by atoms with Crippen LogP contribution in [0, 0.1) is 6.92 Å². The zero-order valence-corrected chi connectivity index (χ0v) is 20.7. The predicted octanol–water partition coefficient (Wildman–Crippen LogP) is 4.49. The molecule has 0 aliphatic carbocycles. The fraction of sp³-hybridized carbons (Fsp3) is 0.259. The van der Waals surface area contributed by atoms with Gasteiger partial charge in [0.15, 0.2) is 0 Å². The molecule has 0 N–H and O–H groups in total. The number of carbonyl (C=O) groups is 2. The van der Waals surface area contributed by atoms with Crippen molar-refractivity contribution in [2.24, 2.45) is 0 Å². The second-order valence-electron chi connectivity index (χ2n) is 8.53. The third kappa shape index (κ3) is 5.28. The van der Waals surface area contributed by atoms with Crippen LogP contribution >= 0.6 is 0 Å². The maximum absolute atomic E-state index is 13.5. The first kappa shape index (κ1) is 24.6. The van der Waals surface area contributed by atoms with Gasteiger partial charge in [0.05, 0.1) is 4.90 Å². The zero-order chi connectivity index (χ0) is 25.2. The van der Waals surface area contributed by atoms with Gasteiger partial charge in [-0.2, -0.15) is 4.31 Å². The molecule has 182 valence electrons. The molecule has 8 heteroatoms. The predicted molar refractivity (Wildman–Crippen MR) is 130 cm³/mol. The van der Waals surface area contributed by atoms with Crippen LogP contribution in [-0.4, -0.2) is 24.7 Å². The highest BCUT2D eigenvalue weighted by molar-refractivity contribution is 7.89. The third-order valence-corrected chi connectivity index (χ3v) is 7.83. The normalized spacial score (nSPS) is 13.3. The molecule has 7 nitrogen and oxygen atoms in total. The first-order valence-corrected chi connectivity index (χ1v) is 12.7. The Balaban J connectivity index is 1.84. The van der Waals surface area contributed by atoms with Crippen LogP contribution in [0.2, 0.25) is 0 Å². The average Bonchev–Trinajstić information content (AvgIpc) is 3.28. The largest absolute Gasteiger partial charge is 0.461 e. The molecule has 1 heterocycles. The van der Waals surface area contributed by atoms with E-state index < -0.39 is 22.0 Å². The standard InChI is InChI=1S/C27H27NO6S/c1-18-9-11-23(12-10-18)35(31,32)28-14-25-22(16-33-19(2)29)13-24(21-7-5-4-6-8-21)27(26(25)15-28)17-34-20(3)30/h4-13H,14-17H2,1-3H3. The topological polar surface area (TPSA) is 90.0 Å². The van der Waals surface area contributed by atoms with Gasteiger partial charge >= 0.3 is 11.9 Å². The smallest absolute Gasteiger partial charge is 0.302 e. The average molecular weight is 494 g/mol. The number of benzene rings is 3. The number of fused-ring (bicyclic) bond motifs is 1. The molecule has 0 saturated carbocycles.